The first-order chi connectivity index (χ1) is 10.0. The summed E-state index contributed by atoms with van der Waals surface area (Å²) in [6.07, 6.45) is 4.04. The molecule has 0 aromatic heterocycles. The molecule has 3 nitrogen and oxygen atoms in total. The van der Waals surface area contributed by atoms with Crippen molar-refractivity contribution in [2.24, 2.45) is 17.3 Å². The summed E-state index contributed by atoms with van der Waals surface area (Å²) in [5, 5.41) is 30.8. The monoisotopic (exact) mass is 288 g/mol. The predicted octanol–water partition coefficient (Wildman–Crippen LogP) is 2.58. The maximum absolute atomic E-state index is 10.8. The lowest BCUT2D eigenvalue weighted by Gasteiger charge is -2.52. The Morgan fingerprint density at radius 1 is 1.14 bits per heavy atom. The van der Waals surface area contributed by atoms with Crippen LogP contribution in [0.25, 0.3) is 0 Å². The second kappa shape index (κ2) is 4.47. The van der Waals surface area contributed by atoms with Crippen molar-refractivity contribution < 1.29 is 15.3 Å². The Morgan fingerprint density at radius 2 is 1.95 bits per heavy atom. The highest BCUT2D eigenvalue weighted by molar-refractivity contribution is 5.40. The Kier molecular flexibility index (Phi) is 2.89. The molecule has 2 fully saturated rings. The first kappa shape index (κ1) is 13.6. The highest BCUT2D eigenvalue weighted by atomic mass is 16.3. The fraction of sp³-hybridized carbons (Fsp3) is 0.667. The molecular formula is C18H24O3. The predicted molar refractivity (Wildman–Crippen MR) is 80.1 cm³/mol. The van der Waals surface area contributed by atoms with Crippen molar-refractivity contribution >= 4 is 0 Å². The van der Waals surface area contributed by atoms with Crippen molar-refractivity contribution in [1.29, 1.82) is 0 Å². The maximum atomic E-state index is 10.8. The average Bonchev–Trinajstić information content (AvgIpc) is 2.74. The molecule has 0 bridgehead atoms. The molecule has 21 heavy (non-hydrogen) atoms. The number of hydrogen-bond donors (Lipinski definition) is 3. The molecule has 1 unspecified atom stereocenters. The van der Waals surface area contributed by atoms with Crippen LogP contribution in [0.5, 0.6) is 5.75 Å². The van der Waals surface area contributed by atoms with E-state index < -0.39 is 0 Å². The van der Waals surface area contributed by atoms with Gasteiger partial charge in [0.15, 0.2) is 0 Å². The number of fused-ring (bicyclic) bond motifs is 5. The third-order valence-corrected chi connectivity index (χ3v) is 6.63. The Balaban J connectivity index is 1.76. The minimum atomic E-state index is -0.382. The van der Waals surface area contributed by atoms with Crippen LogP contribution in [0.4, 0.5) is 0 Å². The van der Waals surface area contributed by atoms with Gasteiger partial charge >= 0.3 is 0 Å². The number of rotatable bonds is 0. The molecule has 6 atom stereocenters. The number of phenols is 1. The van der Waals surface area contributed by atoms with E-state index in [1.54, 1.807) is 6.07 Å². The first-order valence-corrected chi connectivity index (χ1v) is 8.18. The molecule has 0 saturated heterocycles. The largest absolute Gasteiger partial charge is 0.508 e. The Labute approximate surface area is 125 Å². The summed E-state index contributed by atoms with van der Waals surface area (Å²) < 4.78 is 0. The molecule has 2 saturated carbocycles. The third kappa shape index (κ3) is 1.80. The molecular weight excluding hydrogens is 264 g/mol. The summed E-state index contributed by atoms with van der Waals surface area (Å²) >= 11 is 0. The average molecular weight is 288 g/mol. The zero-order chi connectivity index (χ0) is 14.8. The van der Waals surface area contributed by atoms with Gasteiger partial charge in [0.1, 0.15) is 5.75 Å². The van der Waals surface area contributed by atoms with Crippen LogP contribution in [0.2, 0.25) is 0 Å². The van der Waals surface area contributed by atoms with Gasteiger partial charge in [-0.1, -0.05) is 13.0 Å². The number of aliphatic hydroxyl groups is 2. The van der Waals surface area contributed by atoms with Gasteiger partial charge in [0.25, 0.3) is 0 Å². The molecule has 3 heteroatoms. The molecule has 0 amide bonds. The van der Waals surface area contributed by atoms with Crippen molar-refractivity contribution in [3.8, 4) is 5.75 Å². The van der Waals surface area contributed by atoms with Crippen LogP contribution < -0.4 is 0 Å². The van der Waals surface area contributed by atoms with E-state index in [9.17, 15) is 15.3 Å². The SMILES string of the molecule is C[C@]12C[C@H](O)[C@@H]3c4ccc(O)cc4CC[C@H]3C1CC[C@@H]2O. The standard InChI is InChI=1S/C18H24O3/c1-18-9-15(20)17-12-5-3-11(19)8-10(12)2-4-13(17)14(18)6-7-16(18)21/h3,5,8,13-17,19-21H,2,4,6-7,9H2,1H3/t13-,14?,15-,16-,17+,18-/m0/s1. The highest BCUT2D eigenvalue weighted by Crippen LogP contribution is 2.60. The van der Waals surface area contributed by atoms with E-state index in [2.05, 4.69) is 6.92 Å². The zero-order valence-electron chi connectivity index (χ0n) is 12.5. The van der Waals surface area contributed by atoms with Crippen molar-refractivity contribution in [2.75, 3.05) is 0 Å². The van der Waals surface area contributed by atoms with E-state index in [4.69, 9.17) is 0 Å². The van der Waals surface area contributed by atoms with Crippen LogP contribution in [0.3, 0.4) is 0 Å². The Bertz CT molecular complexity index is 570. The van der Waals surface area contributed by atoms with E-state index in [0.717, 1.165) is 25.7 Å². The van der Waals surface area contributed by atoms with Crippen LogP contribution >= 0.6 is 0 Å². The zero-order valence-corrected chi connectivity index (χ0v) is 12.5. The minimum Gasteiger partial charge on any atom is -0.508 e. The third-order valence-electron chi connectivity index (χ3n) is 6.63. The lowest BCUT2D eigenvalue weighted by Crippen LogP contribution is -2.50. The summed E-state index contributed by atoms with van der Waals surface area (Å²) in [5.74, 6) is 1.48. The van der Waals surface area contributed by atoms with E-state index in [-0.39, 0.29) is 23.5 Å². The van der Waals surface area contributed by atoms with Gasteiger partial charge in [0.05, 0.1) is 12.2 Å². The molecule has 3 aliphatic carbocycles. The van der Waals surface area contributed by atoms with Gasteiger partial charge in [-0.05, 0) is 72.6 Å². The molecule has 114 valence electrons. The number of aromatic hydroxyl groups is 1. The van der Waals surface area contributed by atoms with E-state index in [1.807, 2.05) is 12.1 Å². The van der Waals surface area contributed by atoms with E-state index in [1.165, 1.54) is 11.1 Å². The number of phenolic OH excluding ortho intramolecular Hbond substituents is 1. The van der Waals surface area contributed by atoms with Crippen LogP contribution in [0.15, 0.2) is 18.2 Å². The number of benzene rings is 1. The quantitative estimate of drug-likeness (QED) is 0.687. The number of aryl methyl sites for hydroxylation is 1. The highest BCUT2D eigenvalue weighted by Gasteiger charge is 2.57. The lowest BCUT2D eigenvalue weighted by atomic mass is 9.54. The van der Waals surface area contributed by atoms with Crippen LogP contribution in [-0.4, -0.2) is 27.5 Å². The number of aliphatic hydroxyl groups excluding tert-OH is 2. The molecule has 0 aliphatic heterocycles. The molecule has 0 heterocycles. The van der Waals surface area contributed by atoms with Gasteiger partial charge in [-0.15, -0.1) is 0 Å². The summed E-state index contributed by atoms with van der Waals surface area (Å²) in [4.78, 5) is 0. The van der Waals surface area contributed by atoms with E-state index in [0.29, 0.717) is 24.0 Å². The minimum absolute atomic E-state index is 0.116. The van der Waals surface area contributed by atoms with Crippen LogP contribution in [-0.2, 0) is 6.42 Å². The van der Waals surface area contributed by atoms with Gasteiger partial charge < -0.3 is 15.3 Å². The van der Waals surface area contributed by atoms with Crippen molar-refractivity contribution in [3.05, 3.63) is 29.3 Å². The molecule has 4 rings (SSSR count). The van der Waals surface area contributed by atoms with Gasteiger partial charge in [-0.25, -0.2) is 0 Å². The second-order valence-electron chi connectivity index (χ2n) is 7.59. The van der Waals surface area contributed by atoms with Gasteiger partial charge in [0, 0.05) is 5.92 Å². The fourth-order valence-corrected chi connectivity index (χ4v) is 5.62. The summed E-state index contributed by atoms with van der Waals surface area (Å²) in [5.41, 5.74) is 2.30. The van der Waals surface area contributed by atoms with Gasteiger partial charge in [-0.2, -0.15) is 0 Å². The second-order valence-corrected chi connectivity index (χ2v) is 7.59. The van der Waals surface area contributed by atoms with Crippen molar-refractivity contribution in [1.82, 2.24) is 0 Å². The van der Waals surface area contributed by atoms with Crippen molar-refractivity contribution in [3.63, 3.8) is 0 Å². The van der Waals surface area contributed by atoms with E-state index >= 15 is 0 Å². The molecule has 0 spiro atoms. The molecule has 1 aromatic rings. The summed E-state index contributed by atoms with van der Waals surface area (Å²) in [6.45, 7) is 2.17. The van der Waals surface area contributed by atoms with Crippen molar-refractivity contribution in [2.45, 2.75) is 57.2 Å². The topological polar surface area (TPSA) is 60.7 Å². The molecule has 1 aromatic carbocycles. The molecule has 3 aliphatic rings. The Hall–Kier alpha value is -1.06. The molecule has 3 N–H and O–H groups in total. The normalized spacial score (nSPS) is 44.8. The van der Waals surface area contributed by atoms with Gasteiger partial charge in [0.2, 0.25) is 0 Å². The molecule has 0 radical (unpaired) electrons. The fourth-order valence-electron chi connectivity index (χ4n) is 5.62. The lowest BCUT2D eigenvalue weighted by molar-refractivity contribution is -0.0798. The summed E-state index contributed by atoms with van der Waals surface area (Å²) in [6, 6.07) is 5.60. The first-order valence-electron chi connectivity index (χ1n) is 8.18. The van der Waals surface area contributed by atoms with Crippen LogP contribution in [0.1, 0.15) is 49.7 Å². The number of hydrogen-bond acceptors (Lipinski definition) is 3. The summed E-state index contributed by atoms with van der Waals surface area (Å²) in [7, 11) is 0. The van der Waals surface area contributed by atoms with Crippen LogP contribution in [0, 0.1) is 17.3 Å². The Morgan fingerprint density at radius 3 is 2.76 bits per heavy atom. The smallest absolute Gasteiger partial charge is 0.115 e. The van der Waals surface area contributed by atoms with Gasteiger partial charge in [-0.3, -0.25) is 0 Å². The maximum Gasteiger partial charge on any atom is 0.115 e.